The van der Waals surface area contributed by atoms with Gasteiger partial charge in [0.15, 0.2) is 0 Å². The van der Waals surface area contributed by atoms with Crippen LogP contribution in [-0.2, 0) is 6.54 Å². The molecule has 146 valence electrons. The first kappa shape index (κ1) is 19.3. The van der Waals surface area contributed by atoms with E-state index in [-0.39, 0.29) is 18.0 Å². The monoisotopic (exact) mass is 424 g/mol. The summed E-state index contributed by atoms with van der Waals surface area (Å²) in [6.07, 6.45) is 0. The van der Waals surface area contributed by atoms with Crippen molar-refractivity contribution in [2.24, 2.45) is 0 Å². The summed E-state index contributed by atoms with van der Waals surface area (Å²) in [6.45, 7) is 2.00. The van der Waals surface area contributed by atoms with Crippen molar-refractivity contribution in [3.8, 4) is 10.6 Å². The SMILES string of the molecule is Cc1nc(-c2ccc(Cl)cc2)sc1C(=O)N(C)Cc1nc2ccccc2c(=O)[nH]1. The molecule has 29 heavy (non-hydrogen) atoms. The van der Waals surface area contributed by atoms with E-state index in [0.29, 0.717) is 32.3 Å². The Hall–Kier alpha value is -3.03. The zero-order chi connectivity index (χ0) is 20.5. The van der Waals surface area contributed by atoms with Crippen molar-refractivity contribution in [2.45, 2.75) is 13.5 Å². The highest BCUT2D eigenvalue weighted by atomic mass is 35.5. The van der Waals surface area contributed by atoms with E-state index < -0.39 is 0 Å². The van der Waals surface area contributed by atoms with Crippen molar-refractivity contribution in [2.75, 3.05) is 7.05 Å². The molecule has 1 amide bonds. The van der Waals surface area contributed by atoms with Gasteiger partial charge in [-0.25, -0.2) is 9.97 Å². The average Bonchev–Trinajstić information content (AvgIpc) is 3.09. The van der Waals surface area contributed by atoms with Gasteiger partial charge in [-0.15, -0.1) is 11.3 Å². The molecule has 0 fully saturated rings. The van der Waals surface area contributed by atoms with Crippen molar-refractivity contribution in [1.82, 2.24) is 19.9 Å². The Labute approximate surface area is 175 Å². The van der Waals surface area contributed by atoms with Gasteiger partial charge in [0.1, 0.15) is 15.7 Å². The van der Waals surface area contributed by atoms with Crippen molar-refractivity contribution >= 4 is 39.7 Å². The molecule has 2 heterocycles. The summed E-state index contributed by atoms with van der Waals surface area (Å²) in [7, 11) is 1.68. The number of amides is 1. The summed E-state index contributed by atoms with van der Waals surface area (Å²) in [5.74, 6) is 0.265. The number of hydrogen-bond donors (Lipinski definition) is 1. The highest BCUT2D eigenvalue weighted by molar-refractivity contribution is 7.17. The highest BCUT2D eigenvalue weighted by Crippen LogP contribution is 2.29. The number of nitrogens with zero attached hydrogens (tertiary/aromatic N) is 3. The Morgan fingerprint density at radius 2 is 1.86 bits per heavy atom. The van der Waals surface area contributed by atoms with Crippen LogP contribution in [0.25, 0.3) is 21.5 Å². The van der Waals surface area contributed by atoms with E-state index in [2.05, 4.69) is 15.0 Å². The van der Waals surface area contributed by atoms with Crippen LogP contribution >= 0.6 is 22.9 Å². The molecular formula is C21H17ClN4O2S. The second-order valence-electron chi connectivity index (χ2n) is 6.63. The van der Waals surface area contributed by atoms with Crippen LogP contribution < -0.4 is 5.56 Å². The van der Waals surface area contributed by atoms with Gasteiger partial charge in [0.2, 0.25) is 0 Å². The molecule has 0 radical (unpaired) electrons. The van der Waals surface area contributed by atoms with E-state index in [1.807, 2.05) is 25.1 Å². The lowest BCUT2D eigenvalue weighted by Gasteiger charge is -2.16. The Bertz CT molecular complexity index is 1260. The number of thiazole rings is 1. The molecule has 0 unspecified atom stereocenters. The molecule has 0 bridgehead atoms. The predicted molar refractivity (Wildman–Crippen MR) is 115 cm³/mol. The van der Waals surface area contributed by atoms with Crippen molar-refractivity contribution in [3.05, 3.63) is 80.3 Å². The van der Waals surface area contributed by atoms with E-state index in [9.17, 15) is 9.59 Å². The summed E-state index contributed by atoms with van der Waals surface area (Å²) in [5, 5.41) is 1.93. The minimum atomic E-state index is -0.217. The first-order chi connectivity index (χ1) is 13.9. The molecule has 0 saturated heterocycles. The fraction of sp³-hybridized carbons (Fsp3) is 0.143. The molecule has 0 aliphatic carbocycles. The van der Waals surface area contributed by atoms with Gasteiger partial charge in [-0.3, -0.25) is 9.59 Å². The summed E-state index contributed by atoms with van der Waals surface area (Å²) in [6, 6.07) is 14.5. The lowest BCUT2D eigenvalue weighted by Crippen LogP contribution is -2.28. The predicted octanol–water partition coefficient (Wildman–Crippen LogP) is 4.28. The maximum Gasteiger partial charge on any atom is 0.266 e. The van der Waals surface area contributed by atoms with Crippen LogP contribution in [0.15, 0.2) is 53.3 Å². The number of H-pyrrole nitrogens is 1. The summed E-state index contributed by atoms with van der Waals surface area (Å²) >= 11 is 7.28. The summed E-state index contributed by atoms with van der Waals surface area (Å²) < 4.78 is 0. The lowest BCUT2D eigenvalue weighted by atomic mass is 10.2. The molecule has 0 aliphatic heterocycles. The first-order valence-electron chi connectivity index (χ1n) is 8.89. The number of fused-ring (bicyclic) bond motifs is 1. The van der Waals surface area contributed by atoms with Gasteiger partial charge in [0, 0.05) is 17.6 Å². The number of aryl methyl sites for hydroxylation is 1. The number of nitrogens with one attached hydrogen (secondary N) is 1. The Morgan fingerprint density at radius 3 is 2.62 bits per heavy atom. The van der Waals surface area contributed by atoms with Gasteiger partial charge in [0.25, 0.3) is 11.5 Å². The number of halogens is 1. The summed E-state index contributed by atoms with van der Waals surface area (Å²) in [4.78, 5) is 39.0. The Balaban J connectivity index is 1.58. The van der Waals surface area contributed by atoms with E-state index in [4.69, 9.17) is 11.6 Å². The molecule has 0 spiro atoms. The maximum absolute atomic E-state index is 13.0. The molecule has 8 heteroatoms. The van der Waals surface area contributed by atoms with Crippen LogP contribution in [0.4, 0.5) is 0 Å². The largest absolute Gasteiger partial charge is 0.333 e. The van der Waals surface area contributed by atoms with Crippen LogP contribution in [0, 0.1) is 6.92 Å². The molecule has 2 aromatic heterocycles. The van der Waals surface area contributed by atoms with Gasteiger partial charge < -0.3 is 9.88 Å². The van der Waals surface area contributed by atoms with Crippen LogP contribution in [0.5, 0.6) is 0 Å². The number of para-hydroxylation sites is 1. The number of aromatic amines is 1. The average molecular weight is 425 g/mol. The van der Waals surface area contributed by atoms with Crippen molar-refractivity contribution in [1.29, 1.82) is 0 Å². The third kappa shape index (κ3) is 3.92. The van der Waals surface area contributed by atoms with Crippen LogP contribution in [0.2, 0.25) is 5.02 Å². The second kappa shape index (κ2) is 7.77. The highest BCUT2D eigenvalue weighted by Gasteiger charge is 2.20. The number of carbonyl (C=O) groups excluding carboxylic acids is 1. The number of aromatic nitrogens is 3. The third-order valence-corrected chi connectivity index (χ3v) is 5.92. The zero-order valence-electron chi connectivity index (χ0n) is 15.8. The molecule has 0 saturated carbocycles. The number of benzene rings is 2. The van der Waals surface area contributed by atoms with Gasteiger partial charge in [-0.05, 0) is 31.2 Å². The second-order valence-corrected chi connectivity index (χ2v) is 8.07. The topological polar surface area (TPSA) is 79.0 Å². The third-order valence-electron chi connectivity index (χ3n) is 4.48. The van der Waals surface area contributed by atoms with Gasteiger partial charge >= 0.3 is 0 Å². The minimum Gasteiger partial charge on any atom is -0.333 e. The van der Waals surface area contributed by atoms with Crippen LogP contribution in [0.1, 0.15) is 21.2 Å². The standard InChI is InChI=1S/C21H17ClN4O2S/c1-12-18(29-20(23-12)13-7-9-14(22)10-8-13)21(28)26(2)11-17-24-16-6-4-3-5-15(16)19(27)25-17/h3-10H,11H2,1-2H3,(H,24,25,27). The van der Waals surface area contributed by atoms with Gasteiger partial charge in [-0.2, -0.15) is 0 Å². The molecule has 0 aliphatic rings. The molecule has 4 rings (SSSR count). The molecule has 1 N–H and O–H groups in total. The number of carbonyl (C=O) groups is 1. The molecule has 2 aromatic carbocycles. The van der Waals surface area contributed by atoms with Gasteiger partial charge in [-0.1, -0.05) is 35.9 Å². The molecule has 6 nitrogen and oxygen atoms in total. The quantitative estimate of drug-likeness (QED) is 0.530. The number of hydrogen-bond acceptors (Lipinski definition) is 5. The smallest absolute Gasteiger partial charge is 0.266 e. The zero-order valence-corrected chi connectivity index (χ0v) is 17.3. The minimum absolute atomic E-state index is 0.170. The van der Waals surface area contributed by atoms with E-state index in [1.54, 1.807) is 37.4 Å². The molecule has 0 atom stereocenters. The van der Waals surface area contributed by atoms with Crippen molar-refractivity contribution in [3.63, 3.8) is 0 Å². The maximum atomic E-state index is 13.0. The van der Waals surface area contributed by atoms with E-state index >= 15 is 0 Å². The fourth-order valence-corrected chi connectivity index (χ4v) is 4.18. The molecule has 4 aromatic rings. The number of rotatable bonds is 4. The van der Waals surface area contributed by atoms with Crippen LogP contribution in [-0.4, -0.2) is 32.8 Å². The van der Waals surface area contributed by atoms with E-state index in [1.165, 1.54) is 16.2 Å². The lowest BCUT2D eigenvalue weighted by molar-refractivity contribution is 0.0785. The molecular weight excluding hydrogens is 408 g/mol. The van der Waals surface area contributed by atoms with Crippen molar-refractivity contribution < 1.29 is 4.79 Å². The summed E-state index contributed by atoms with van der Waals surface area (Å²) in [5.41, 5.74) is 1.96. The first-order valence-corrected chi connectivity index (χ1v) is 10.1. The van der Waals surface area contributed by atoms with Gasteiger partial charge in [0.05, 0.1) is 23.1 Å². The fourth-order valence-electron chi connectivity index (χ4n) is 2.99. The van der Waals surface area contributed by atoms with Crippen LogP contribution in [0.3, 0.4) is 0 Å². The normalized spacial score (nSPS) is 11.0. The van der Waals surface area contributed by atoms with E-state index in [0.717, 1.165) is 10.6 Å². The Morgan fingerprint density at radius 1 is 1.14 bits per heavy atom. The Kier molecular flexibility index (Phi) is 5.17.